The van der Waals surface area contributed by atoms with Crippen LogP contribution in [0.25, 0.3) is 16.2 Å². The molecule has 0 aliphatic carbocycles. The van der Waals surface area contributed by atoms with Gasteiger partial charge in [-0.05, 0) is 19.1 Å². The van der Waals surface area contributed by atoms with Crippen molar-refractivity contribution in [1.82, 2.24) is 14.6 Å². The average Bonchev–Trinajstić information content (AvgIpc) is 3.00. The van der Waals surface area contributed by atoms with Crippen molar-refractivity contribution in [2.75, 3.05) is 6.61 Å². The molecule has 5 nitrogen and oxygen atoms in total. The Labute approximate surface area is 114 Å². The smallest absolute Gasteiger partial charge is 0.216 e. The molecule has 0 unspecified atom stereocenters. The third-order valence-corrected chi connectivity index (χ3v) is 3.66. The summed E-state index contributed by atoms with van der Waals surface area (Å²) in [5.74, 6) is 1.63. The van der Waals surface area contributed by atoms with E-state index in [9.17, 15) is 0 Å². The van der Waals surface area contributed by atoms with Crippen LogP contribution in [0, 0.1) is 0 Å². The lowest BCUT2D eigenvalue weighted by Crippen LogP contribution is -2.03. The first kappa shape index (κ1) is 12.1. The fourth-order valence-corrected chi connectivity index (χ4v) is 2.88. The van der Waals surface area contributed by atoms with Crippen molar-refractivity contribution in [3.05, 3.63) is 35.5 Å². The maximum atomic E-state index is 5.70. The lowest BCUT2D eigenvalue weighted by atomic mass is 10.1. The molecule has 2 N–H and O–H groups in total. The molecule has 2 aromatic heterocycles. The summed E-state index contributed by atoms with van der Waals surface area (Å²) in [4.78, 5) is 0.859. The number of rotatable bonds is 4. The lowest BCUT2D eigenvalue weighted by molar-refractivity contribution is 0.340. The van der Waals surface area contributed by atoms with Gasteiger partial charge in [-0.25, -0.2) is 0 Å². The number of benzene rings is 1. The molecule has 0 fully saturated rings. The summed E-state index contributed by atoms with van der Waals surface area (Å²) in [6.07, 6.45) is 0. The van der Waals surface area contributed by atoms with E-state index in [0.717, 1.165) is 27.8 Å². The predicted molar refractivity (Wildman–Crippen MR) is 75.4 cm³/mol. The van der Waals surface area contributed by atoms with E-state index in [1.807, 2.05) is 35.6 Å². The highest BCUT2D eigenvalue weighted by Gasteiger charge is 2.12. The van der Waals surface area contributed by atoms with Gasteiger partial charge in [-0.1, -0.05) is 12.1 Å². The molecule has 3 rings (SSSR count). The Kier molecular flexibility index (Phi) is 3.18. The minimum atomic E-state index is 0.371. The van der Waals surface area contributed by atoms with Crippen LogP contribution >= 0.6 is 11.3 Å². The van der Waals surface area contributed by atoms with Crippen LogP contribution in [-0.2, 0) is 6.54 Å². The normalized spacial score (nSPS) is 11.1. The van der Waals surface area contributed by atoms with Crippen LogP contribution in [0.2, 0.25) is 0 Å². The molecular weight excluding hydrogens is 260 g/mol. The lowest BCUT2D eigenvalue weighted by Gasteiger charge is -2.06. The van der Waals surface area contributed by atoms with Crippen LogP contribution < -0.4 is 10.5 Å². The molecular formula is C13H14N4OS. The fourth-order valence-electron chi connectivity index (χ4n) is 2.02. The first-order valence-corrected chi connectivity index (χ1v) is 6.96. The van der Waals surface area contributed by atoms with Gasteiger partial charge in [0.1, 0.15) is 5.75 Å². The molecule has 0 bridgehead atoms. The van der Waals surface area contributed by atoms with E-state index in [4.69, 9.17) is 10.5 Å². The molecule has 3 aromatic rings. The van der Waals surface area contributed by atoms with E-state index < -0.39 is 0 Å². The monoisotopic (exact) mass is 274 g/mol. The number of fused-ring (bicyclic) bond motifs is 1. The van der Waals surface area contributed by atoms with Gasteiger partial charge in [0.05, 0.1) is 18.8 Å². The number of thiazole rings is 1. The number of aromatic nitrogens is 3. The van der Waals surface area contributed by atoms with E-state index in [1.54, 1.807) is 11.3 Å². The molecule has 0 amide bonds. The molecule has 0 aliphatic heterocycles. The number of hydrogen-bond acceptors (Lipinski definition) is 5. The summed E-state index contributed by atoms with van der Waals surface area (Å²) in [5, 5.41) is 10.3. The summed E-state index contributed by atoms with van der Waals surface area (Å²) in [5.41, 5.74) is 7.82. The highest BCUT2D eigenvalue weighted by molar-refractivity contribution is 7.15. The second-order valence-electron chi connectivity index (χ2n) is 4.02. The highest BCUT2D eigenvalue weighted by atomic mass is 32.1. The number of hydrogen-bond donors (Lipinski definition) is 1. The van der Waals surface area contributed by atoms with Crippen molar-refractivity contribution in [3.63, 3.8) is 0 Å². The molecule has 0 saturated carbocycles. The third kappa shape index (κ3) is 2.09. The Bertz CT molecular complexity index is 704. The Hall–Kier alpha value is -1.92. The largest absolute Gasteiger partial charge is 0.494 e. The van der Waals surface area contributed by atoms with Crippen LogP contribution in [-0.4, -0.2) is 21.2 Å². The highest BCUT2D eigenvalue weighted by Crippen LogP contribution is 2.28. The van der Waals surface area contributed by atoms with Gasteiger partial charge in [0, 0.05) is 10.9 Å². The second kappa shape index (κ2) is 4.99. The Morgan fingerprint density at radius 1 is 1.37 bits per heavy atom. The van der Waals surface area contributed by atoms with Crippen molar-refractivity contribution in [1.29, 1.82) is 0 Å². The summed E-state index contributed by atoms with van der Waals surface area (Å²) < 4.78 is 7.53. The van der Waals surface area contributed by atoms with E-state index >= 15 is 0 Å². The van der Waals surface area contributed by atoms with Crippen LogP contribution in [0.5, 0.6) is 5.75 Å². The molecule has 0 aliphatic rings. The van der Waals surface area contributed by atoms with E-state index in [1.165, 1.54) is 0 Å². The van der Waals surface area contributed by atoms with Gasteiger partial charge in [0.15, 0.2) is 5.82 Å². The van der Waals surface area contributed by atoms with Crippen molar-refractivity contribution < 1.29 is 4.74 Å². The van der Waals surface area contributed by atoms with Crippen molar-refractivity contribution in [2.24, 2.45) is 5.73 Å². The fraction of sp³-hybridized carbons (Fsp3) is 0.231. The van der Waals surface area contributed by atoms with Crippen molar-refractivity contribution in [3.8, 4) is 17.0 Å². The molecule has 1 aromatic carbocycles. The first-order chi connectivity index (χ1) is 9.33. The predicted octanol–water partition coefficient (Wildman–Crippen LogP) is 2.32. The van der Waals surface area contributed by atoms with Gasteiger partial charge in [-0.15, -0.1) is 21.5 Å². The van der Waals surface area contributed by atoms with Gasteiger partial charge >= 0.3 is 0 Å². The van der Waals surface area contributed by atoms with Crippen LogP contribution in [0.4, 0.5) is 0 Å². The topological polar surface area (TPSA) is 65.4 Å². The summed E-state index contributed by atoms with van der Waals surface area (Å²) in [6, 6.07) is 8.00. The van der Waals surface area contributed by atoms with E-state index in [-0.39, 0.29) is 0 Å². The maximum absolute atomic E-state index is 5.70. The van der Waals surface area contributed by atoms with Crippen LogP contribution in [0.1, 0.15) is 12.7 Å². The molecule has 0 radical (unpaired) electrons. The summed E-state index contributed by atoms with van der Waals surface area (Å²) in [7, 11) is 0. The maximum Gasteiger partial charge on any atom is 0.216 e. The molecule has 6 heteroatoms. The zero-order chi connectivity index (χ0) is 13.2. The van der Waals surface area contributed by atoms with Crippen LogP contribution in [0.15, 0.2) is 29.6 Å². The minimum absolute atomic E-state index is 0.371. The Balaban J connectivity index is 2.13. The third-order valence-electron chi connectivity index (χ3n) is 2.84. The standard InChI is InChI=1S/C13H14N4OS/c1-2-18-10-5-3-4-9(6-10)11-8-19-13-16-15-12(7-14)17(11)13/h3-6,8H,2,7,14H2,1H3. The average molecular weight is 274 g/mol. The summed E-state index contributed by atoms with van der Waals surface area (Å²) >= 11 is 1.56. The first-order valence-electron chi connectivity index (χ1n) is 6.08. The number of ether oxygens (including phenoxy) is 1. The van der Waals surface area contributed by atoms with Gasteiger partial charge in [0.2, 0.25) is 4.96 Å². The SMILES string of the molecule is CCOc1cccc(-c2csc3nnc(CN)n23)c1. The quantitative estimate of drug-likeness (QED) is 0.793. The van der Waals surface area contributed by atoms with Gasteiger partial charge < -0.3 is 10.5 Å². The molecule has 19 heavy (non-hydrogen) atoms. The van der Waals surface area contributed by atoms with Gasteiger partial charge in [-0.2, -0.15) is 0 Å². The number of nitrogens with zero attached hydrogens (tertiary/aromatic N) is 3. The van der Waals surface area contributed by atoms with E-state index in [2.05, 4.69) is 15.6 Å². The molecule has 0 atom stereocenters. The van der Waals surface area contributed by atoms with E-state index in [0.29, 0.717) is 13.2 Å². The zero-order valence-corrected chi connectivity index (χ0v) is 11.4. The minimum Gasteiger partial charge on any atom is -0.494 e. The zero-order valence-electron chi connectivity index (χ0n) is 10.5. The second-order valence-corrected chi connectivity index (χ2v) is 4.86. The molecule has 0 spiro atoms. The van der Waals surface area contributed by atoms with Crippen LogP contribution in [0.3, 0.4) is 0 Å². The van der Waals surface area contributed by atoms with Gasteiger partial charge in [0.25, 0.3) is 0 Å². The molecule has 0 saturated heterocycles. The summed E-state index contributed by atoms with van der Waals surface area (Å²) in [6.45, 7) is 3.00. The van der Waals surface area contributed by atoms with Crippen molar-refractivity contribution in [2.45, 2.75) is 13.5 Å². The Morgan fingerprint density at radius 2 is 2.26 bits per heavy atom. The molecule has 2 heterocycles. The van der Waals surface area contributed by atoms with Gasteiger partial charge in [-0.3, -0.25) is 4.40 Å². The molecule has 98 valence electrons. The Morgan fingerprint density at radius 3 is 3.05 bits per heavy atom. The number of nitrogens with two attached hydrogens (primary N) is 1. The van der Waals surface area contributed by atoms with Crippen molar-refractivity contribution >= 4 is 16.3 Å².